The van der Waals surface area contributed by atoms with Crippen LogP contribution in [0.2, 0.25) is 5.02 Å². The van der Waals surface area contributed by atoms with E-state index in [1.54, 1.807) is 12.1 Å². The van der Waals surface area contributed by atoms with Crippen LogP contribution in [0.25, 0.3) is 10.6 Å². The highest BCUT2D eigenvalue weighted by atomic mass is 35.5. The van der Waals surface area contributed by atoms with Gasteiger partial charge in [-0.05, 0) is 19.2 Å². The Hall–Kier alpha value is -0.970. The maximum atomic E-state index is 13.3. The minimum Gasteiger partial charge on any atom is -0.319 e. The molecule has 0 saturated heterocycles. The quantitative estimate of drug-likeness (QED) is 0.921. The molecule has 2 rings (SSSR count). The van der Waals surface area contributed by atoms with E-state index in [-0.39, 0.29) is 5.02 Å². The van der Waals surface area contributed by atoms with Crippen LogP contribution in [0.5, 0.6) is 0 Å². The molecule has 17 heavy (non-hydrogen) atoms. The third kappa shape index (κ3) is 3.03. The van der Waals surface area contributed by atoms with Gasteiger partial charge >= 0.3 is 0 Å². The lowest BCUT2D eigenvalue weighted by molar-refractivity contribution is 0.629. The van der Waals surface area contributed by atoms with Gasteiger partial charge in [0.15, 0.2) is 0 Å². The van der Waals surface area contributed by atoms with E-state index in [1.807, 2.05) is 12.4 Å². The summed E-state index contributed by atoms with van der Waals surface area (Å²) in [6.45, 7) is 0.887. The van der Waals surface area contributed by atoms with Gasteiger partial charge in [0.2, 0.25) is 0 Å². The molecule has 0 aliphatic carbocycles. The maximum absolute atomic E-state index is 13.3. The fourth-order valence-corrected chi connectivity index (χ4v) is 2.41. The molecule has 0 spiro atoms. The molecule has 0 fully saturated rings. The zero-order valence-corrected chi connectivity index (χ0v) is 10.9. The number of nitrogens with one attached hydrogen (secondary N) is 1. The molecule has 0 atom stereocenters. The van der Waals surface area contributed by atoms with E-state index in [2.05, 4.69) is 10.3 Å². The molecule has 0 aliphatic rings. The first-order valence-electron chi connectivity index (χ1n) is 5.25. The molecular weight excluding hydrogens is 259 g/mol. The van der Waals surface area contributed by atoms with Crippen molar-refractivity contribution in [2.75, 3.05) is 13.6 Å². The number of hydrogen-bond acceptors (Lipinski definition) is 3. The van der Waals surface area contributed by atoms with E-state index < -0.39 is 5.82 Å². The van der Waals surface area contributed by atoms with Gasteiger partial charge in [0.1, 0.15) is 10.8 Å². The van der Waals surface area contributed by atoms with Crippen LogP contribution in [0.15, 0.2) is 23.6 Å². The molecule has 5 heteroatoms. The summed E-state index contributed by atoms with van der Waals surface area (Å²) in [5.41, 5.74) is 1.79. The molecule has 1 N–H and O–H groups in total. The molecule has 0 amide bonds. The third-order valence-corrected chi connectivity index (χ3v) is 3.60. The summed E-state index contributed by atoms with van der Waals surface area (Å²) in [6, 6.07) is 4.76. The first-order chi connectivity index (χ1) is 8.20. The predicted molar refractivity (Wildman–Crippen MR) is 70.1 cm³/mol. The summed E-state index contributed by atoms with van der Waals surface area (Å²) < 4.78 is 13.3. The molecule has 0 bridgehead atoms. The summed E-state index contributed by atoms with van der Waals surface area (Å²) in [5, 5.41) is 6.03. The average molecular weight is 271 g/mol. The van der Waals surface area contributed by atoms with Gasteiger partial charge in [-0.3, -0.25) is 0 Å². The molecule has 2 aromatic rings. The van der Waals surface area contributed by atoms with Gasteiger partial charge in [-0.2, -0.15) is 0 Å². The van der Waals surface area contributed by atoms with Crippen molar-refractivity contribution >= 4 is 22.9 Å². The molecule has 90 valence electrons. The molecule has 1 heterocycles. The Morgan fingerprint density at radius 3 is 3.00 bits per heavy atom. The first-order valence-corrected chi connectivity index (χ1v) is 6.51. The number of aromatic nitrogens is 1. The van der Waals surface area contributed by atoms with Crippen LogP contribution in [0.4, 0.5) is 4.39 Å². The second-order valence-corrected chi connectivity index (χ2v) is 4.89. The van der Waals surface area contributed by atoms with Crippen molar-refractivity contribution in [3.05, 3.63) is 40.1 Å². The highest BCUT2D eigenvalue weighted by Gasteiger charge is 2.07. The zero-order valence-electron chi connectivity index (χ0n) is 9.34. The maximum Gasteiger partial charge on any atom is 0.142 e. The van der Waals surface area contributed by atoms with Crippen LogP contribution in [0.1, 0.15) is 5.69 Å². The van der Waals surface area contributed by atoms with Crippen molar-refractivity contribution < 1.29 is 4.39 Å². The van der Waals surface area contributed by atoms with Crippen LogP contribution in [0, 0.1) is 5.82 Å². The lowest BCUT2D eigenvalue weighted by Gasteiger charge is -1.98. The fourth-order valence-electron chi connectivity index (χ4n) is 1.44. The van der Waals surface area contributed by atoms with Gasteiger partial charge < -0.3 is 5.32 Å². The van der Waals surface area contributed by atoms with Crippen LogP contribution in [-0.2, 0) is 6.42 Å². The summed E-state index contributed by atoms with van der Waals surface area (Å²) in [6.07, 6.45) is 0.878. The minimum atomic E-state index is -0.406. The van der Waals surface area contributed by atoms with E-state index in [0.29, 0.717) is 0 Å². The number of likely N-dealkylation sites (N-methyl/N-ethyl adjacent to an activating group) is 1. The van der Waals surface area contributed by atoms with Crippen LogP contribution in [0.3, 0.4) is 0 Å². The molecule has 2 nitrogen and oxygen atoms in total. The molecule has 0 saturated carbocycles. The van der Waals surface area contributed by atoms with E-state index >= 15 is 0 Å². The number of rotatable bonds is 4. The van der Waals surface area contributed by atoms with Crippen molar-refractivity contribution in [1.82, 2.24) is 10.3 Å². The average Bonchev–Trinajstić information content (AvgIpc) is 2.79. The van der Waals surface area contributed by atoms with Gasteiger partial charge in [-0.25, -0.2) is 9.37 Å². The van der Waals surface area contributed by atoms with Gasteiger partial charge in [0.05, 0.1) is 10.7 Å². The highest BCUT2D eigenvalue weighted by Crippen LogP contribution is 2.27. The Labute approximate surface area is 108 Å². The zero-order chi connectivity index (χ0) is 12.3. The van der Waals surface area contributed by atoms with Crippen LogP contribution < -0.4 is 5.32 Å². The number of hydrogen-bond donors (Lipinski definition) is 1. The largest absolute Gasteiger partial charge is 0.319 e. The Morgan fingerprint density at radius 1 is 1.47 bits per heavy atom. The predicted octanol–water partition coefficient (Wildman–Crippen LogP) is 3.36. The van der Waals surface area contributed by atoms with E-state index in [9.17, 15) is 4.39 Å². The van der Waals surface area contributed by atoms with Crippen LogP contribution >= 0.6 is 22.9 Å². The molecule has 0 aliphatic heterocycles. The summed E-state index contributed by atoms with van der Waals surface area (Å²) in [4.78, 5) is 4.46. The number of benzene rings is 1. The lowest BCUT2D eigenvalue weighted by atomic mass is 10.2. The Morgan fingerprint density at radius 2 is 2.29 bits per heavy atom. The molecule has 0 radical (unpaired) electrons. The normalized spacial score (nSPS) is 10.8. The van der Waals surface area contributed by atoms with Gasteiger partial charge in [-0.1, -0.05) is 17.7 Å². The monoisotopic (exact) mass is 270 g/mol. The molecule has 0 unspecified atom stereocenters. The second kappa shape index (κ2) is 5.58. The highest BCUT2D eigenvalue weighted by molar-refractivity contribution is 7.13. The standard InChI is InChI=1S/C12H12ClFN2S/c1-15-5-4-9-7-17-12(16-9)8-2-3-10(13)11(14)6-8/h2-3,6-7,15H,4-5H2,1H3. The van der Waals surface area contributed by atoms with E-state index in [1.165, 1.54) is 17.4 Å². The van der Waals surface area contributed by atoms with Gasteiger partial charge in [0, 0.05) is 23.9 Å². The Bertz CT molecular complexity index is 513. The topological polar surface area (TPSA) is 24.9 Å². The fraction of sp³-hybridized carbons (Fsp3) is 0.250. The molecule has 1 aromatic carbocycles. The Balaban J connectivity index is 2.21. The number of thiazole rings is 1. The van der Waals surface area contributed by atoms with Crippen molar-refractivity contribution in [1.29, 1.82) is 0 Å². The first kappa shape index (κ1) is 12.5. The van der Waals surface area contributed by atoms with E-state index in [4.69, 9.17) is 11.6 Å². The third-order valence-electron chi connectivity index (χ3n) is 2.35. The van der Waals surface area contributed by atoms with Crippen molar-refractivity contribution in [2.24, 2.45) is 0 Å². The van der Waals surface area contributed by atoms with Crippen molar-refractivity contribution in [2.45, 2.75) is 6.42 Å². The summed E-state index contributed by atoms with van der Waals surface area (Å²) in [7, 11) is 1.90. The SMILES string of the molecule is CNCCc1csc(-c2ccc(Cl)c(F)c2)n1. The number of nitrogens with zero attached hydrogens (tertiary/aromatic N) is 1. The molecule has 1 aromatic heterocycles. The minimum absolute atomic E-state index is 0.140. The van der Waals surface area contributed by atoms with Crippen LogP contribution in [-0.4, -0.2) is 18.6 Å². The van der Waals surface area contributed by atoms with Gasteiger partial charge in [0.25, 0.3) is 0 Å². The summed E-state index contributed by atoms with van der Waals surface area (Å²) in [5.74, 6) is -0.406. The molecular formula is C12H12ClFN2S. The van der Waals surface area contributed by atoms with Crippen molar-refractivity contribution in [3.63, 3.8) is 0 Å². The lowest BCUT2D eigenvalue weighted by Crippen LogP contribution is -2.10. The van der Waals surface area contributed by atoms with Gasteiger partial charge in [-0.15, -0.1) is 11.3 Å². The number of halogens is 2. The summed E-state index contributed by atoms with van der Waals surface area (Å²) >= 11 is 7.16. The Kier molecular flexibility index (Phi) is 4.10. The smallest absolute Gasteiger partial charge is 0.142 e. The van der Waals surface area contributed by atoms with E-state index in [0.717, 1.165) is 29.2 Å². The van der Waals surface area contributed by atoms with Crippen molar-refractivity contribution in [3.8, 4) is 10.6 Å². The second-order valence-electron chi connectivity index (χ2n) is 3.63.